The highest BCUT2D eigenvalue weighted by Gasteiger charge is 2.03. The van der Waals surface area contributed by atoms with Crippen molar-refractivity contribution in [3.8, 4) is 0 Å². The first-order valence-electron chi connectivity index (χ1n) is 4.84. The first kappa shape index (κ1) is 9.90. The molecule has 0 aromatic heterocycles. The number of nitrogens with one attached hydrogen (secondary N) is 1. The molecule has 3 heteroatoms. The second kappa shape index (κ2) is 6.35. The minimum Gasteiger partial charge on any atom is -0.363 e. The SMILES string of the molecule is CCCCCCSC1=NCCN1. The third kappa shape index (κ3) is 4.00. The molecule has 0 fully saturated rings. The summed E-state index contributed by atoms with van der Waals surface area (Å²) < 4.78 is 0. The maximum Gasteiger partial charge on any atom is 0.156 e. The molecular formula is C9H18N2S. The van der Waals surface area contributed by atoms with Crippen molar-refractivity contribution in [3.05, 3.63) is 0 Å². The molecule has 0 aromatic rings. The van der Waals surface area contributed by atoms with E-state index in [1.165, 1.54) is 31.4 Å². The van der Waals surface area contributed by atoms with E-state index in [1.807, 2.05) is 11.8 Å². The van der Waals surface area contributed by atoms with Crippen LogP contribution in [0.2, 0.25) is 0 Å². The summed E-state index contributed by atoms with van der Waals surface area (Å²) in [6.07, 6.45) is 5.40. The third-order valence-electron chi connectivity index (χ3n) is 1.88. The lowest BCUT2D eigenvalue weighted by Gasteiger charge is -2.00. The molecule has 0 unspecified atom stereocenters. The predicted octanol–water partition coefficient (Wildman–Crippen LogP) is 2.26. The first-order valence-corrected chi connectivity index (χ1v) is 5.83. The van der Waals surface area contributed by atoms with Crippen LogP contribution in [0.4, 0.5) is 0 Å². The quantitative estimate of drug-likeness (QED) is 0.666. The van der Waals surface area contributed by atoms with Crippen molar-refractivity contribution in [2.24, 2.45) is 4.99 Å². The van der Waals surface area contributed by atoms with E-state index in [-0.39, 0.29) is 0 Å². The Morgan fingerprint density at radius 1 is 1.42 bits per heavy atom. The molecule has 0 saturated heterocycles. The molecule has 0 amide bonds. The number of hydrogen-bond donors (Lipinski definition) is 1. The molecular weight excluding hydrogens is 168 g/mol. The van der Waals surface area contributed by atoms with E-state index in [1.54, 1.807) is 0 Å². The zero-order valence-corrected chi connectivity index (χ0v) is 8.62. The standard InChI is InChI=1S/C9H18N2S/c1-2-3-4-5-8-12-9-10-6-7-11-9/h2-8H2,1H3,(H,10,11). The van der Waals surface area contributed by atoms with E-state index >= 15 is 0 Å². The van der Waals surface area contributed by atoms with Gasteiger partial charge in [0.1, 0.15) is 0 Å². The normalized spacial score (nSPS) is 15.9. The van der Waals surface area contributed by atoms with Gasteiger partial charge in [-0.1, -0.05) is 37.9 Å². The lowest BCUT2D eigenvalue weighted by molar-refractivity contribution is 0.707. The van der Waals surface area contributed by atoms with E-state index in [0.717, 1.165) is 18.3 Å². The zero-order chi connectivity index (χ0) is 8.65. The molecule has 0 spiro atoms. The van der Waals surface area contributed by atoms with Crippen LogP contribution in [0.15, 0.2) is 4.99 Å². The summed E-state index contributed by atoms with van der Waals surface area (Å²) in [7, 11) is 0. The molecule has 0 saturated carbocycles. The fourth-order valence-electron chi connectivity index (χ4n) is 1.17. The van der Waals surface area contributed by atoms with Gasteiger partial charge in [-0.3, -0.25) is 4.99 Å². The topological polar surface area (TPSA) is 24.4 Å². The van der Waals surface area contributed by atoms with Crippen LogP contribution in [-0.2, 0) is 0 Å². The van der Waals surface area contributed by atoms with Crippen LogP contribution < -0.4 is 5.32 Å². The number of aliphatic imine (C=N–C) groups is 1. The van der Waals surface area contributed by atoms with E-state index in [0.29, 0.717) is 0 Å². The van der Waals surface area contributed by atoms with Gasteiger partial charge in [0.2, 0.25) is 0 Å². The van der Waals surface area contributed by atoms with Crippen LogP contribution in [-0.4, -0.2) is 24.0 Å². The average molecular weight is 186 g/mol. The summed E-state index contributed by atoms with van der Waals surface area (Å²) >= 11 is 1.87. The Bertz CT molecular complexity index is 145. The Balaban J connectivity index is 1.88. The number of unbranched alkanes of at least 4 members (excludes halogenated alkanes) is 3. The molecule has 2 nitrogen and oxygen atoms in total. The molecule has 0 radical (unpaired) electrons. The molecule has 1 N–H and O–H groups in total. The van der Waals surface area contributed by atoms with Crippen LogP contribution in [0.25, 0.3) is 0 Å². The van der Waals surface area contributed by atoms with Crippen LogP contribution in [0.3, 0.4) is 0 Å². The molecule has 0 bridgehead atoms. The molecule has 1 aliphatic heterocycles. The highest BCUT2D eigenvalue weighted by Crippen LogP contribution is 2.09. The minimum absolute atomic E-state index is 0.970. The van der Waals surface area contributed by atoms with Gasteiger partial charge in [-0.15, -0.1) is 0 Å². The first-order chi connectivity index (χ1) is 5.93. The molecule has 12 heavy (non-hydrogen) atoms. The van der Waals surface area contributed by atoms with Crippen molar-refractivity contribution in [2.45, 2.75) is 32.6 Å². The monoisotopic (exact) mass is 186 g/mol. The lowest BCUT2D eigenvalue weighted by Crippen LogP contribution is -2.15. The van der Waals surface area contributed by atoms with Gasteiger partial charge in [0.05, 0.1) is 6.54 Å². The molecule has 0 atom stereocenters. The summed E-state index contributed by atoms with van der Waals surface area (Å²) in [5.74, 6) is 1.23. The smallest absolute Gasteiger partial charge is 0.156 e. The Morgan fingerprint density at radius 3 is 3.00 bits per heavy atom. The van der Waals surface area contributed by atoms with E-state index in [9.17, 15) is 0 Å². The Kier molecular flexibility index (Phi) is 5.24. The maximum atomic E-state index is 4.32. The number of nitrogens with zero attached hydrogens (tertiary/aromatic N) is 1. The van der Waals surface area contributed by atoms with Gasteiger partial charge >= 0.3 is 0 Å². The summed E-state index contributed by atoms with van der Waals surface area (Å²) in [5.41, 5.74) is 0. The Morgan fingerprint density at radius 2 is 2.33 bits per heavy atom. The highest BCUT2D eigenvalue weighted by molar-refractivity contribution is 8.13. The van der Waals surface area contributed by atoms with E-state index < -0.39 is 0 Å². The third-order valence-corrected chi connectivity index (χ3v) is 2.92. The van der Waals surface area contributed by atoms with Crippen molar-refractivity contribution in [1.29, 1.82) is 0 Å². The summed E-state index contributed by atoms with van der Waals surface area (Å²) in [6.45, 7) is 4.25. The molecule has 1 aliphatic rings. The van der Waals surface area contributed by atoms with E-state index in [2.05, 4.69) is 17.2 Å². The van der Waals surface area contributed by atoms with Gasteiger partial charge in [0.25, 0.3) is 0 Å². The van der Waals surface area contributed by atoms with Gasteiger partial charge in [0.15, 0.2) is 5.17 Å². The van der Waals surface area contributed by atoms with Gasteiger partial charge < -0.3 is 5.32 Å². The van der Waals surface area contributed by atoms with Crippen molar-refractivity contribution in [3.63, 3.8) is 0 Å². The number of hydrogen-bond acceptors (Lipinski definition) is 3. The Hall–Kier alpha value is -0.180. The van der Waals surface area contributed by atoms with Gasteiger partial charge in [-0.25, -0.2) is 0 Å². The van der Waals surface area contributed by atoms with Crippen LogP contribution in [0.5, 0.6) is 0 Å². The minimum atomic E-state index is 0.970. The molecule has 1 rings (SSSR count). The zero-order valence-electron chi connectivity index (χ0n) is 7.81. The van der Waals surface area contributed by atoms with Crippen LogP contribution in [0.1, 0.15) is 32.6 Å². The van der Waals surface area contributed by atoms with Gasteiger partial charge in [0, 0.05) is 12.3 Å². The fraction of sp³-hybridized carbons (Fsp3) is 0.889. The van der Waals surface area contributed by atoms with Crippen molar-refractivity contribution >= 4 is 16.9 Å². The molecule has 1 heterocycles. The van der Waals surface area contributed by atoms with Crippen molar-refractivity contribution < 1.29 is 0 Å². The van der Waals surface area contributed by atoms with Crippen molar-refractivity contribution in [1.82, 2.24) is 5.32 Å². The Labute approximate surface area is 79.2 Å². The number of thioether (sulfide) groups is 1. The van der Waals surface area contributed by atoms with Gasteiger partial charge in [-0.05, 0) is 6.42 Å². The number of rotatable bonds is 5. The average Bonchev–Trinajstić information content (AvgIpc) is 2.57. The molecule has 70 valence electrons. The van der Waals surface area contributed by atoms with Gasteiger partial charge in [-0.2, -0.15) is 0 Å². The number of amidine groups is 1. The van der Waals surface area contributed by atoms with Crippen LogP contribution in [0, 0.1) is 0 Å². The molecule has 0 aliphatic carbocycles. The lowest BCUT2D eigenvalue weighted by atomic mass is 10.2. The predicted molar refractivity (Wildman–Crippen MR) is 56.9 cm³/mol. The maximum absolute atomic E-state index is 4.32. The fourth-order valence-corrected chi connectivity index (χ4v) is 2.10. The van der Waals surface area contributed by atoms with E-state index in [4.69, 9.17) is 0 Å². The second-order valence-corrected chi connectivity index (χ2v) is 4.11. The second-order valence-electron chi connectivity index (χ2n) is 3.02. The van der Waals surface area contributed by atoms with Crippen LogP contribution >= 0.6 is 11.8 Å². The highest BCUT2D eigenvalue weighted by atomic mass is 32.2. The van der Waals surface area contributed by atoms with Crippen molar-refractivity contribution in [2.75, 3.05) is 18.8 Å². The molecule has 0 aromatic carbocycles. The summed E-state index contributed by atoms with van der Waals surface area (Å²) in [6, 6.07) is 0. The largest absolute Gasteiger partial charge is 0.363 e. The summed E-state index contributed by atoms with van der Waals surface area (Å²) in [4.78, 5) is 4.32. The summed E-state index contributed by atoms with van der Waals surface area (Å²) in [5, 5.41) is 4.42.